The van der Waals surface area contributed by atoms with Gasteiger partial charge >= 0.3 is 11.9 Å². The maximum Gasteiger partial charge on any atom is 0.304 e. The summed E-state index contributed by atoms with van der Waals surface area (Å²) in [5, 5.41) is 0. The lowest BCUT2D eigenvalue weighted by Gasteiger charge is -2.20. The fourth-order valence-electron chi connectivity index (χ4n) is 2.01. The Bertz CT molecular complexity index is 487. The van der Waals surface area contributed by atoms with Gasteiger partial charge in [0.1, 0.15) is 6.10 Å². The Kier molecular flexibility index (Phi) is 5.15. The molecule has 2 rings (SSSR count). The summed E-state index contributed by atoms with van der Waals surface area (Å²) in [5.74, 6) is 0.0818. The molecule has 0 aromatic carbocycles. The van der Waals surface area contributed by atoms with Crippen LogP contribution in [0.25, 0.3) is 0 Å². The highest BCUT2D eigenvalue weighted by atomic mass is 32.2. The van der Waals surface area contributed by atoms with E-state index in [1.807, 2.05) is 6.92 Å². The zero-order chi connectivity index (χ0) is 14.7. The van der Waals surface area contributed by atoms with E-state index < -0.39 is 5.44 Å². The molecule has 2 aliphatic heterocycles. The summed E-state index contributed by atoms with van der Waals surface area (Å²) in [4.78, 5) is 29.0. The van der Waals surface area contributed by atoms with Crippen LogP contribution in [0.3, 0.4) is 0 Å². The Hall–Kier alpha value is -0.950. The van der Waals surface area contributed by atoms with Gasteiger partial charge in [0.05, 0.1) is 12.3 Å². The van der Waals surface area contributed by atoms with Crippen LogP contribution in [0.4, 0.5) is 0 Å². The molecule has 110 valence electrons. The second-order valence-electron chi connectivity index (χ2n) is 4.42. The van der Waals surface area contributed by atoms with Crippen molar-refractivity contribution in [3.05, 3.63) is 9.81 Å². The minimum atomic E-state index is -0.415. The van der Waals surface area contributed by atoms with Gasteiger partial charge in [0.15, 0.2) is 5.44 Å². The molecular weight excluding hydrogens is 298 g/mol. The number of thioether (sulfide) groups is 2. The minimum absolute atomic E-state index is 0.248. The molecule has 0 aromatic heterocycles. The van der Waals surface area contributed by atoms with E-state index in [-0.39, 0.29) is 18.0 Å². The van der Waals surface area contributed by atoms with Gasteiger partial charge in [-0.05, 0) is 6.42 Å². The predicted molar refractivity (Wildman–Crippen MR) is 80.8 cm³/mol. The zero-order valence-corrected chi connectivity index (χ0v) is 13.3. The number of carbonyl (C=O) groups is 2. The highest BCUT2D eigenvalue weighted by Crippen LogP contribution is 2.44. The van der Waals surface area contributed by atoms with Crippen LogP contribution in [-0.4, -0.2) is 41.5 Å². The van der Waals surface area contributed by atoms with Crippen molar-refractivity contribution < 1.29 is 19.1 Å². The Morgan fingerprint density at radius 1 is 1.30 bits per heavy atom. The van der Waals surface area contributed by atoms with Crippen molar-refractivity contribution in [2.75, 3.05) is 12.3 Å². The lowest BCUT2D eigenvalue weighted by molar-refractivity contribution is -0.143. The van der Waals surface area contributed by atoms with Gasteiger partial charge in [0, 0.05) is 29.4 Å². The lowest BCUT2D eigenvalue weighted by Crippen LogP contribution is -2.25. The highest BCUT2D eigenvalue weighted by molar-refractivity contribution is 8.08. The lowest BCUT2D eigenvalue weighted by atomic mass is 10.3. The van der Waals surface area contributed by atoms with E-state index in [0.29, 0.717) is 12.3 Å². The summed E-state index contributed by atoms with van der Waals surface area (Å²) in [6, 6.07) is 0. The first-order valence-electron chi connectivity index (χ1n) is 6.41. The van der Waals surface area contributed by atoms with Crippen molar-refractivity contribution in [1.82, 2.24) is 0 Å². The van der Waals surface area contributed by atoms with Crippen molar-refractivity contribution >= 4 is 41.2 Å². The molecule has 0 aliphatic carbocycles. The molecule has 0 N–H and O–H groups in total. The van der Waals surface area contributed by atoms with Crippen LogP contribution in [0.15, 0.2) is 14.8 Å². The number of hydrogen-bond donors (Lipinski definition) is 0. The summed E-state index contributed by atoms with van der Waals surface area (Å²) >= 11 is 3.10. The fraction of sp³-hybridized carbons (Fsp3) is 0.615. The molecule has 7 heteroatoms. The second-order valence-corrected chi connectivity index (χ2v) is 6.64. The van der Waals surface area contributed by atoms with E-state index >= 15 is 0 Å². The molecule has 0 amide bonds. The first-order chi connectivity index (χ1) is 9.51. The van der Waals surface area contributed by atoms with E-state index in [4.69, 9.17) is 9.47 Å². The number of hydrogen-bond acceptors (Lipinski definition) is 7. The Morgan fingerprint density at radius 3 is 2.60 bits per heavy atom. The molecule has 0 aromatic rings. The molecule has 5 nitrogen and oxygen atoms in total. The number of aliphatic imine (C=N–C) groups is 1. The average Bonchev–Trinajstić information content (AvgIpc) is 2.63. The van der Waals surface area contributed by atoms with Gasteiger partial charge in [-0.1, -0.05) is 18.7 Å². The third kappa shape index (κ3) is 3.58. The summed E-state index contributed by atoms with van der Waals surface area (Å²) in [6.07, 6.45) is 0.482. The van der Waals surface area contributed by atoms with Gasteiger partial charge in [-0.25, -0.2) is 0 Å². The van der Waals surface area contributed by atoms with Crippen molar-refractivity contribution in [3.8, 4) is 0 Å². The molecular formula is C13H17NO4S2. The van der Waals surface area contributed by atoms with Crippen LogP contribution in [0, 0.1) is 0 Å². The van der Waals surface area contributed by atoms with Gasteiger partial charge in [-0.3, -0.25) is 14.6 Å². The highest BCUT2D eigenvalue weighted by Gasteiger charge is 2.35. The Morgan fingerprint density at radius 2 is 2.00 bits per heavy atom. The summed E-state index contributed by atoms with van der Waals surface area (Å²) in [7, 11) is 0. The van der Waals surface area contributed by atoms with E-state index in [1.165, 1.54) is 25.6 Å². The van der Waals surface area contributed by atoms with Gasteiger partial charge in [-0.15, -0.1) is 11.8 Å². The number of ether oxygens (including phenoxy) is 2. The number of esters is 2. The molecule has 0 saturated heterocycles. The standard InChI is InChI=1S/C13H17NO4S2/c1-4-9-13(18-8(3)16)20-12-10(17-7(2)15)6-19-11(12)5-14-9/h10,13H,4-6H2,1-3H3. The zero-order valence-electron chi connectivity index (χ0n) is 11.7. The fourth-order valence-corrected chi connectivity index (χ4v) is 4.72. The van der Waals surface area contributed by atoms with Crippen LogP contribution in [0.5, 0.6) is 0 Å². The van der Waals surface area contributed by atoms with Crippen LogP contribution in [0.2, 0.25) is 0 Å². The van der Waals surface area contributed by atoms with Gasteiger partial charge in [-0.2, -0.15) is 0 Å². The number of rotatable bonds is 3. The van der Waals surface area contributed by atoms with E-state index in [2.05, 4.69) is 4.99 Å². The average molecular weight is 315 g/mol. The third-order valence-electron chi connectivity index (χ3n) is 2.85. The number of nitrogens with zero attached hydrogens (tertiary/aromatic N) is 1. The molecule has 0 spiro atoms. The maximum absolute atomic E-state index is 11.2. The van der Waals surface area contributed by atoms with Gasteiger partial charge in [0.25, 0.3) is 0 Å². The first kappa shape index (κ1) is 15.4. The van der Waals surface area contributed by atoms with E-state index in [9.17, 15) is 9.59 Å². The first-order valence-corrected chi connectivity index (χ1v) is 8.28. The normalized spacial score (nSPS) is 25.6. The number of carbonyl (C=O) groups excluding carboxylic acids is 2. The topological polar surface area (TPSA) is 65.0 Å². The maximum atomic E-state index is 11.2. The molecule has 0 fully saturated rings. The predicted octanol–water partition coefficient (Wildman–Crippen LogP) is 2.36. The molecule has 2 atom stereocenters. The van der Waals surface area contributed by atoms with E-state index in [0.717, 1.165) is 21.9 Å². The van der Waals surface area contributed by atoms with Gasteiger partial charge < -0.3 is 9.47 Å². The second kappa shape index (κ2) is 6.67. The monoisotopic (exact) mass is 315 g/mol. The van der Waals surface area contributed by atoms with Crippen molar-refractivity contribution in [2.24, 2.45) is 4.99 Å². The third-order valence-corrected chi connectivity index (χ3v) is 5.49. The summed E-state index contributed by atoms with van der Waals surface area (Å²) in [6.45, 7) is 5.36. The SMILES string of the molecule is CCC1=NCC2=C(SC1OC(C)=O)C(OC(C)=O)CS2. The summed E-state index contributed by atoms with van der Waals surface area (Å²) in [5.41, 5.74) is 0.448. The van der Waals surface area contributed by atoms with Crippen molar-refractivity contribution in [2.45, 2.75) is 38.7 Å². The Balaban J connectivity index is 2.19. The van der Waals surface area contributed by atoms with Gasteiger partial charge in [0.2, 0.25) is 0 Å². The minimum Gasteiger partial charge on any atom is -0.456 e. The van der Waals surface area contributed by atoms with Crippen LogP contribution in [0.1, 0.15) is 27.2 Å². The molecule has 2 heterocycles. The quantitative estimate of drug-likeness (QED) is 0.745. The molecule has 2 aliphatic rings. The largest absolute Gasteiger partial charge is 0.456 e. The van der Waals surface area contributed by atoms with Crippen LogP contribution < -0.4 is 0 Å². The van der Waals surface area contributed by atoms with Crippen molar-refractivity contribution in [1.29, 1.82) is 0 Å². The molecule has 0 saturated carbocycles. The Labute approximate surface area is 126 Å². The molecule has 0 radical (unpaired) electrons. The smallest absolute Gasteiger partial charge is 0.304 e. The van der Waals surface area contributed by atoms with E-state index in [1.54, 1.807) is 11.8 Å². The molecule has 0 bridgehead atoms. The van der Waals surface area contributed by atoms with Crippen molar-refractivity contribution in [3.63, 3.8) is 0 Å². The molecule has 20 heavy (non-hydrogen) atoms. The molecule has 2 unspecified atom stereocenters. The summed E-state index contributed by atoms with van der Waals surface area (Å²) < 4.78 is 10.7. The van der Waals surface area contributed by atoms with Crippen LogP contribution in [-0.2, 0) is 19.1 Å². The van der Waals surface area contributed by atoms with Crippen LogP contribution >= 0.6 is 23.5 Å².